The summed E-state index contributed by atoms with van der Waals surface area (Å²) in [6.07, 6.45) is 5.77. The summed E-state index contributed by atoms with van der Waals surface area (Å²) in [5.41, 5.74) is 6.93. The van der Waals surface area contributed by atoms with Gasteiger partial charge in [0, 0.05) is 44.4 Å². The summed E-state index contributed by atoms with van der Waals surface area (Å²) in [6, 6.07) is 26.4. The first kappa shape index (κ1) is 26.5. The van der Waals surface area contributed by atoms with E-state index in [0.29, 0.717) is 0 Å². The van der Waals surface area contributed by atoms with E-state index in [0.717, 1.165) is 25.2 Å². The minimum absolute atomic E-state index is 0. The minimum Gasteiger partial charge on any atom is -0.340 e. The van der Waals surface area contributed by atoms with E-state index < -0.39 is 0 Å². The fourth-order valence-corrected chi connectivity index (χ4v) is 4.52. The van der Waals surface area contributed by atoms with Crippen molar-refractivity contribution in [3.63, 3.8) is 0 Å². The van der Waals surface area contributed by atoms with Crippen molar-refractivity contribution in [2.24, 2.45) is 0 Å². The van der Waals surface area contributed by atoms with Crippen LogP contribution in [-0.4, -0.2) is 19.3 Å². The number of halogens is 2. The molecule has 5 rings (SSSR count). The molecule has 175 valence electrons. The first-order valence-corrected chi connectivity index (χ1v) is 12.3. The van der Waals surface area contributed by atoms with Crippen molar-refractivity contribution in [3.05, 3.63) is 116 Å². The van der Waals surface area contributed by atoms with Crippen molar-refractivity contribution in [1.82, 2.24) is 19.3 Å². The largest absolute Gasteiger partial charge is 0.340 e. The Bertz CT molecular complexity index is 1360. The van der Waals surface area contributed by atoms with Gasteiger partial charge in [0.25, 0.3) is 0 Å². The number of aromatic nitrogens is 4. The first-order chi connectivity index (χ1) is 15.9. The molecule has 2 heterocycles. The smallest absolute Gasteiger partial charge is 0.123 e. The summed E-state index contributed by atoms with van der Waals surface area (Å²) >= 11 is 5.69. The van der Waals surface area contributed by atoms with Gasteiger partial charge in [-0.05, 0) is 66.2 Å². The Morgan fingerprint density at radius 2 is 1.68 bits per heavy atom. The zero-order valence-corrected chi connectivity index (χ0v) is 25.0. The van der Waals surface area contributed by atoms with Crippen molar-refractivity contribution in [2.45, 2.75) is 20.8 Å². The molecule has 0 aliphatic rings. The van der Waals surface area contributed by atoms with Crippen LogP contribution in [0.4, 0.5) is 0 Å². The van der Waals surface area contributed by atoms with Gasteiger partial charge in [0.15, 0.2) is 0 Å². The van der Waals surface area contributed by atoms with E-state index >= 15 is 0 Å². The van der Waals surface area contributed by atoms with Crippen LogP contribution in [0.5, 0.6) is 0 Å². The van der Waals surface area contributed by atoms with Gasteiger partial charge in [-0.2, -0.15) is 29.4 Å². The molecule has 4 nitrogen and oxygen atoms in total. The fourth-order valence-electron chi connectivity index (χ4n) is 3.77. The van der Waals surface area contributed by atoms with E-state index in [1.165, 1.54) is 22.4 Å². The molecule has 0 N–H and O–H groups in total. The maximum Gasteiger partial charge on any atom is 0.123 e. The third-order valence-corrected chi connectivity index (χ3v) is 6.09. The zero-order valence-electron chi connectivity index (χ0n) is 18.9. The number of hydrogen-bond donors (Lipinski definition) is 0. The van der Waals surface area contributed by atoms with Gasteiger partial charge in [0.05, 0.1) is 5.82 Å². The molecule has 0 amide bonds. The molecular formula is C27H22BrIIrN4-2. The van der Waals surface area contributed by atoms with Gasteiger partial charge in [-0.15, -0.1) is 35.9 Å². The van der Waals surface area contributed by atoms with Crippen LogP contribution in [0.3, 0.4) is 0 Å². The average molecular weight is 802 g/mol. The summed E-state index contributed by atoms with van der Waals surface area (Å²) in [5, 5.41) is 4.25. The molecular weight excluding hydrogens is 779 g/mol. The number of para-hydroxylation sites is 1. The SMILES string of the molecule is Cc1cc(C)c(-n2ccnc2-c2[c-]ccc(Br)c2)c(C)c1.Ic1ccn(-c2[c-]cccc2)n1.[Ir]. The van der Waals surface area contributed by atoms with E-state index in [1.54, 1.807) is 0 Å². The van der Waals surface area contributed by atoms with E-state index in [-0.39, 0.29) is 20.1 Å². The van der Waals surface area contributed by atoms with Crippen LogP contribution in [0.15, 0.2) is 83.7 Å². The molecule has 2 aromatic heterocycles. The van der Waals surface area contributed by atoms with E-state index in [4.69, 9.17) is 0 Å². The molecule has 0 fully saturated rings. The maximum atomic E-state index is 4.52. The van der Waals surface area contributed by atoms with Crippen molar-refractivity contribution in [3.8, 4) is 22.8 Å². The summed E-state index contributed by atoms with van der Waals surface area (Å²) in [4.78, 5) is 4.52. The van der Waals surface area contributed by atoms with Gasteiger partial charge >= 0.3 is 0 Å². The molecule has 3 aromatic carbocycles. The van der Waals surface area contributed by atoms with Crippen LogP contribution < -0.4 is 0 Å². The molecule has 0 aliphatic heterocycles. The van der Waals surface area contributed by atoms with Gasteiger partial charge in [-0.25, -0.2) is 0 Å². The second-order valence-corrected chi connectivity index (χ2v) is 9.64. The molecule has 0 atom stereocenters. The molecule has 7 heteroatoms. The van der Waals surface area contributed by atoms with Crippen LogP contribution >= 0.6 is 38.5 Å². The van der Waals surface area contributed by atoms with Gasteiger partial charge in [0.1, 0.15) is 3.70 Å². The molecule has 5 aromatic rings. The summed E-state index contributed by atoms with van der Waals surface area (Å²) in [6.45, 7) is 6.41. The van der Waals surface area contributed by atoms with Crippen LogP contribution in [-0.2, 0) is 20.1 Å². The van der Waals surface area contributed by atoms with E-state index in [1.807, 2.05) is 71.8 Å². The molecule has 0 saturated carbocycles. The van der Waals surface area contributed by atoms with Gasteiger partial charge in [-0.1, -0.05) is 38.1 Å². The van der Waals surface area contributed by atoms with E-state index in [2.05, 4.69) is 98.2 Å². The van der Waals surface area contributed by atoms with Crippen molar-refractivity contribution >= 4 is 38.5 Å². The number of hydrogen-bond acceptors (Lipinski definition) is 2. The molecule has 0 unspecified atom stereocenters. The predicted molar refractivity (Wildman–Crippen MR) is 145 cm³/mol. The van der Waals surface area contributed by atoms with Gasteiger partial charge < -0.3 is 4.57 Å². The Kier molecular flexibility index (Phi) is 9.42. The molecule has 0 aliphatic carbocycles. The van der Waals surface area contributed by atoms with Crippen molar-refractivity contribution < 1.29 is 20.1 Å². The topological polar surface area (TPSA) is 35.6 Å². The average Bonchev–Trinajstić information content (AvgIpc) is 3.44. The Hall–Kier alpha value is -2.06. The van der Waals surface area contributed by atoms with Gasteiger partial charge in [-0.3, -0.25) is 9.67 Å². The second-order valence-electron chi connectivity index (χ2n) is 7.62. The molecule has 0 bridgehead atoms. The molecule has 1 radical (unpaired) electrons. The summed E-state index contributed by atoms with van der Waals surface area (Å²) < 4.78 is 5.97. The quantitative estimate of drug-likeness (QED) is 0.142. The number of rotatable bonds is 3. The Morgan fingerprint density at radius 1 is 0.912 bits per heavy atom. The monoisotopic (exact) mass is 801 g/mol. The Balaban J connectivity index is 0.000000212. The standard InChI is InChI=1S/C18H16BrN2.C9H6IN2.Ir/c1-12-9-13(2)17(14(3)10-12)21-8-7-20-18(21)15-5-4-6-16(19)11-15;10-9-6-7-12(11-9)8-4-2-1-3-5-8;/h4,6-11H,1-3H3;1-4,6-7H;/q2*-1;. The Morgan fingerprint density at radius 3 is 2.29 bits per heavy atom. The van der Waals surface area contributed by atoms with Crippen LogP contribution in [0.2, 0.25) is 0 Å². The predicted octanol–water partition coefficient (Wildman–Crippen LogP) is 7.30. The number of aryl methyl sites for hydroxylation is 3. The van der Waals surface area contributed by atoms with Crippen LogP contribution in [0.25, 0.3) is 22.8 Å². The second kappa shape index (κ2) is 12.1. The fraction of sp³-hybridized carbons (Fsp3) is 0.111. The van der Waals surface area contributed by atoms with Crippen LogP contribution in [0, 0.1) is 36.6 Å². The summed E-state index contributed by atoms with van der Waals surface area (Å²) in [5.74, 6) is 0.909. The maximum absolute atomic E-state index is 4.52. The molecule has 34 heavy (non-hydrogen) atoms. The van der Waals surface area contributed by atoms with Crippen molar-refractivity contribution in [2.75, 3.05) is 0 Å². The van der Waals surface area contributed by atoms with E-state index in [9.17, 15) is 0 Å². The molecule has 0 saturated heterocycles. The first-order valence-electron chi connectivity index (χ1n) is 10.4. The van der Waals surface area contributed by atoms with Crippen LogP contribution in [0.1, 0.15) is 16.7 Å². The number of imidazole rings is 1. The number of benzene rings is 3. The zero-order chi connectivity index (χ0) is 23.4. The van der Waals surface area contributed by atoms with Crippen molar-refractivity contribution in [1.29, 1.82) is 0 Å². The molecule has 0 spiro atoms. The third-order valence-electron chi connectivity index (χ3n) is 5.02. The number of nitrogens with zero attached hydrogens (tertiary/aromatic N) is 4. The minimum atomic E-state index is 0. The third kappa shape index (κ3) is 6.33. The Labute approximate surface area is 236 Å². The normalized spacial score (nSPS) is 10.3. The summed E-state index contributed by atoms with van der Waals surface area (Å²) in [7, 11) is 0. The van der Waals surface area contributed by atoms with Gasteiger partial charge in [0.2, 0.25) is 0 Å².